The molecular formula is C16H25NOS. The van der Waals surface area contributed by atoms with Crippen LogP contribution in [0.2, 0.25) is 0 Å². The normalized spacial score (nSPS) is 17.2. The lowest BCUT2D eigenvalue weighted by molar-refractivity contribution is 0.537. The molecule has 2 unspecified atom stereocenters. The first-order valence-electron chi connectivity index (χ1n) is 7.38. The number of benzene rings is 1. The zero-order valence-corrected chi connectivity index (χ0v) is 12.9. The summed E-state index contributed by atoms with van der Waals surface area (Å²) < 4.78 is 12.3. The zero-order chi connectivity index (χ0) is 13.7. The van der Waals surface area contributed by atoms with E-state index in [0.717, 1.165) is 29.9 Å². The number of rotatable bonds is 7. The van der Waals surface area contributed by atoms with Gasteiger partial charge in [0.15, 0.2) is 0 Å². The van der Waals surface area contributed by atoms with Gasteiger partial charge in [-0.15, -0.1) is 0 Å². The Morgan fingerprint density at radius 2 is 2.05 bits per heavy atom. The lowest BCUT2D eigenvalue weighted by atomic mass is 10.1. The SMILES string of the molecule is CNC(C)CCCCS(=O)c1ccc2c(c1)CCC2. The third-order valence-corrected chi connectivity index (χ3v) is 5.48. The molecule has 2 rings (SSSR count). The van der Waals surface area contributed by atoms with Crippen LogP contribution in [0.4, 0.5) is 0 Å². The topological polar surface area (TPSA) is 29.1 Å². The Bertz CT molecular complexity index is 444. The van der Waals surface area contributed by atoms with E-state index in [0.29, 0.717) is 6.04 Å². The van der Waals surface area contributed by atoms with Crippen LogP contribution >= 0.6 is 0 Å². The Kier molecular flexibility index (Phi) is 5.59. The van der Waals surface area contributed by atoms with Gasteiger partial charge in [-0.2, -0.15) is 0 Å². The number of unbranched alkanes of at least 4 members (excludes halogenated alkanes) is 1. The van der Waals surface area contributed by atoms with E-state index in [-0.39, 0.29) is 0 Å². The summed E-state index contributed by atoms with van der Waals surface area (Å²) >= 11 is 0. The third kappa shape index (κ3) is 4.15. The Balaban J connectivity index is 1.80. The number of fused-ring (bicyclic) bond motifs is 1. The minimum atomic E-state index is -0.813. The molecule has 0 saturated heterocycles. The van der Waals surface area contributed by atoms with Gasteiger partial charge in [0.1, 0.15) is 0 Å². The van der Waals surface area contributed by atoms with Crippen molar-refractivity contribution in [3.05, 3.63) is 29.3 Å². The molecule has 1 aromatic rings. The molecule has 1 aliphatic rings. The molecule has 0 radical (unpaired) electrons. The number of hydrogen-bond donors (Lipinski definition) is 1. The molecule has 19 heavy (non-hydrogen) atoms. The smallest absolute Gasteiger partial charge is 0.0529 e. The second-order valence-electron chi connectivity index (χ2n) is 5.52. The predicted molar refractivity (Wildman–Crippen MR) is 82.1 cm³/mol. The maximum Gasteiger partial charge on any atom is 0.0529 e. The zero-order valence-electron chi connectivity index (χ0n) is 12.1. The fourth-order valence-electron chi connectivity index (χ4n) is 2.64. The van der Waals surface area contributed by atoms with Crippen LogP contribution in [0.5, 0.6) is 0 Å². The molecular weight excluding hydrogens is 254 g/mol. The maximum absolute atomic E-state index is 12.3. The van der Waals surface area contributed by atoms with Gasteiger partial charge >= 0.3 is 0 Å². The highest BCUT2D eigenvalue weighted by Gasteiger charge is 2.13. The minimum Gasteiger partial charge on any atom is -0.317 e. The van der Waals surface area contributed by atoms with Gasteiger partial charge in [-0.3, -0.25) is 4.21 Å². The van der Waals surface area contributed by atoms with E-state index >= 15 is 0 Å². The summed E-state index contributed by atoms with van der Waals surface area (Å²) in [6.45, 7) is 2.19. The van der Waals surface area contributed by atoms with Crippen LogP contribution in [0, 0.1) is 0 Å². The van der Waals surface area contributed by atoms with Gasteiger partial charge in [0.2, 0.25) is 0 Å². The quantitative estimate of drug-likeness (QED) is 0.777. The first-order chi connectivity index (χ1) is 9.20. The maximum atomic E-state index is 12.3. The number of aryl methyl sites for hydroxylation is 2. The average molecular weight is 279 g/mol. The molecule has 3 heteroatoms. The van der Waals surface area contributed by atoms with Crippen LogP contribution < -0.4 is 5.32 Å². The number of nitrogens with one attached hydrogen (secondary N) is 1. The van der Waals surface area contributed by atoms with Crippen molar-refractivity contribution < 1.29 is 4.21 Å². The van der Waals surface area contributed by atoms with E-state index in [9.17, 15) is 4.21 Å². The highest BCUT2D eigenvalue weighted by molar-refractivity contribution is 7.85. The van der Waals surface area contributed by atoms with Gasteiger partial charge in [0.05, 0.1) is 10.8 Å². The molecule has 0 amide bonds. The van der Waals surface area contributed by atoms with E-state index < -0.39 is 10.8 Å². The molecule has 2 nitrogen and oxygen atoms in total. The van der Waals surface area contributed by atoms with E-state index in [1.54, 1.807) is 0 Å². The van der Waals surface area contributed by atoms with E-state index in [1.807, 2.05) is 7.05 Å². The van der Waals surface area contributed by atoms with Crippen molar-refractivity contribution in [3.63, 3.8) is 0 Å². The Morgan fingerprint density at radius 1 is 1.26 bits per heavy atom. The van der Waals surface area contributed by atoms with Gasteiger partial charge in [0, 0.05) is 16.7 Å². The highest BCUT2D eigenvalue weighted by atomic mass is 32.2. The average Bonchev–Trinajstić information content (AvgIpc) is 2.90. The number of hydrogen-bond acceptors (Lipinski definition) is 2. The molecule has 1 aromatic carbocycles. The van der Waals surface area contributed by atoms with Crippen molar-refractivity contribution in [2.24, 2.45) is 0 Å². The fourth-order valence-corrected chi connectivity index (χ4v) is 3.83. The van der Waals surface area contributed by atoms with Crippen molar-refractivity contribution in [2.75, 3.05) is 12.8 Å². The van der Waals surface area contributed by atoms with Crippen LogP contribution in [0.1, 0.15) is 43.7 Å². The van der Waals surface area contributed by atoms with E-state index in [1.165, 1.54) is 30.4 Å². The molecule has 0 aliphatic heterocycles. The monoisotopic (exact) mass is 279 g/mol. The summed E-state index contributed by atoms with van der Waals surface area (Å²) in [7, 11) is 1.18. The van der Waals surface area contributed by atoms with Gasteiger partial charge < -0.3 is 5.32 Å². The first-order valence-corrected chi connectivity index (χ1v) is 8.70. The van der Waals surface area contributed by atoms with Gasteiger partial charge in [0.25, 0.3) is 0 Å². The lowest BCUT2D eigenvalue weighted by Crippen LogP contribution is -2.20. The molecule has 0 fully saturated rings. The van der Waals surface area contributed by atoms with E-state index in [2.05, 4.69) is 30.4 Å². The largest absolute Gasteiger partial charge is 0.317 e. The summed E-state index contributed by atoms with van der Waals surface area (Å²) in [6.07, 6.45) is 6.99. The lowest BCUT2D eigenvalue weighted by Gasteiger charge is -2.09. The Morgan fingerprint density at radius 3 is 2.84 bits per heavy atom. The standard InChI is InChI=1S/C16H25NOS/c1-13(17-2)6-3-4-11-19(18)16-10-9-14-7-5-8-15(14)12-16/h9-10,12-13,17H,3-8,11H2,1-2H3. The third-order valence-electron chi connectivity index (χ3n) is 4.04. The first kappa shape index (κ1) is 14.7. The van der Waals surface area contributed by atoms with Crippen LogP contribution in [0.25, 0.3) is 0 Å². The van der Waals surface area contributed by atoms with Crippen molar-refractivity contribution in [2.45, 2.75) is 56.4 Å². The van der Waals surface area contributed by atoms with Crippen molar-refractivity contribution in [1.29, 1.82) is 0 Å². The Labute approximate surface area is 119 Å². The summed E-state index contributed by atoms with van der Waals surface area (Å²) in [6, 6.07) is 6.98. The molecule has 2 atom stereocenters. The fraction of sp³-hybridized carbons (Fsp3) is 0.625. The summed E-state index contributed by atoms with van der Waals surface area (Å²) in [4.78, 5) is 1.03. The molecule has 0 aromatic heterocycles. The minimum absolute atomic E-state index is 0.563. The molecule has 1 aliphatic carbocycles. The van der Waals surface area contributed by atoms with Crippen molar-refractivity contribution in [1.82, 2.24) is 5.32 Å². The predicted octanol–water partition coefficient (Wildman–Crippen LogP) is 3.06. The Hall–Kier alpha value is -0.670. The molecule has 106 valence electrons. The van der Waals surface area contributed by atoms with Crippen LogP contribution in [0.15, 0.2) is 23.1 Å². The van der Waals surface area contributed by atoms with E-state index in [4.69, 9.17) is 0 Å². The second kappa shape index (κ2) is 7.20. The summed E-state index contributed by atoms with van der Waals surface area (Å²) in [5.74, 6) is 0.801. The summed E-state index contributed by atoms with van der Waals surface area (Å²) in [5, 5.41) is 3.24. The van der Waals surface area contributed by atoms with Crippen LogP contribution in [-0.4, -0.2) is 23.1 Å². The molecule has 0 heterocycles. The van der Waals surface area contributed by atoms with Gasteiger partial charge in [-0.25, -0.2) is 0 Å². The molecule has 0 spiro atoms. The molecule has 1 N–H and O–H groups in total. The van der Waals surface area contributed by atoms with Crippen LogP contribution in [-0.2, 0) is 23.6 Å². The van der Waals surface area contributed by atoms with Gasteiger partial charge in [-0.05, 0) is 69.3 Å². The highest BCUT2D eigenvalue weighted by Crippen LogP contribution is 2.24. The summed E-state index contributed by atoms with van der Waals surface area (Å²) in [5.41, 5.74) is 2.89. The van der Waals surface area contributed by atoms with Crippen molar-refractivity contribution in [3.8, 4) is 0 Å². The van der Waals surface area contributed by atoms with Crippen molar-refractivity contribution >= 4 is 10.8 Å². The van der Waals surface area contributed by atoms with Crippen LogP contribution in [0.3, 0.4) is 0 Å². The van der Waals surface area contributed by atoms with Gasteiger partial charge in [-0.1, -0.05) is 12.5 Å². The molecule has 0 saturated carbocycles. The molecule has 0 bridgehead atoms. The second-order valence-corrected chi connectivity index (χ2v) is 7.09.